The lowest BCUT2D eigenvalue weighted by Gasteiger charge is -2.36. The molecule has 1 unspecified atom stereocenters. The number of piperidine rings is 1. The highest BCUT2D eigenvalue weighted by molar-refractivity contribution is 14.0. The fourth-order valence-corrected chi connectivity index (χ4v) is 4.33. The van der Waals surface area contributed by atoms with Crippen LogP contribution in [0.1, 0.15) is 51.4 Å². The van der Waals surface area contributed by atoms with Crippen LogP contribution in [0.3, 0.4) is 0 Å². The number of nitrogens with zero attached hydrogens (tertiary/aromatic N) is 3. The highest BCUT2D eigenvalue weighted by atomic mass is 127. The lowest BCUT2D eigenvalue weighted by Crippen LogP contribution is -2.51. The number of hydrogen-bond acceptors (Lipinski definition) is 4. The van der Waals surface area contributed by atoms with E-state index < -0.39 is 0 Å². The normalized spacial score (nSPS) is 24.8. The smallest absolute Gasteiger partial charge is 0.243 e. The molecule has 3 aliphatic rings. The van der Waals surface area contributed by atoms with Crippen molar-refractivity contribution in [2.24, 2.45) is 4.99 Å². The van der Waals surface area contributed by atoms with Gasteiger partial charge in [-0.1, -0.05) is 12.8 Å². The third-order valence-electron chi connectivity index (χ3n) is 6.10. The number of halogens is 1. The fourth-order valence-electron chi connectivity index (χ4n) is 4.33. The molecule has 2 N–H and O–H groups in total. The first-order valence-corrected chi connectivity index (χ1v) is 10.7. The van der Waals surface area contributed by atoms with Crippen LogP contribution >= 0.6 is 24.0 Å². The molecule has 3 rings (SSSR count). The van der Waals surface area contributed by atoms with Gasteiger partial charge in [-0.05, 0) is 38.5 Å². The van der Waals surface area contributed by atoms with Crippen molar-refractivity contribution >= 4 is 35.8 Å². The summed E-state index contributed by atoms with van der Waals surface area (Å²) < 4.78 is 5.70. The second-order valence-corrected chi connectivity index (χ2v) is 8.36. The standard InChI is InChI=1S/C20H37N5O2.HI/c1-24(2)19(26)15-22-20(21-14-18-8-5-13-27-18)23-16-9-11-25(12-10-16)17-6-3-4-7-17;/h16-18H,3-15H2,1-2H3,(H2,21,22,23);1H. The van der Waals surface area contributed by atoms with E-state index in [0.29, 0.717) is 6.04 Å². The molecule has 0 aromatic heterocycles. The average Bonchev–Trinajstić information content (AvgIpc) is 3.38. The molecule has 162 valence electrons. The van der Waals surface area contributed by atoms with Gasteiger partial charge in [-0.3, -0.25) is 4.79 Å². The third kappa shape index (κ3) is 7.33. The molecule has 1 saturated carbocycles. The van der Waals surface area contributed by atoms with E-state index >= 15 is 0 Å². The number of likely N-dealkylation sites (N-methyl/N-ethyl adjacent to an activating group) is 1. The fraction of sp³-hybridized carbons (Fsp3) is 0.900. The zero-order valence-electron chi connectivity index (χ0n) is 17.5. The highest BCUT2D eigenvalue weighted by Crippen LogP contribution is 2.26. The Bertz CT molecular complexity index is 497. The van der Waals surface area contributed by atoms with Gasteiger partial charge in [-0.2, -0.15) is 0 Å². The molecular formula is C20H38IN5O2. The molecule has 2 aliphatic heterocycles. The molecule has 2 saturated heterocycles. The van der Waals surface area contributed by atoms with Crippen molar-refractivity contribution in [2.75, 3.05) is 46.9 Å². The van der Waals surface area contributed by atoms with Crippen molar-refractivity contribution in [3.8, 4) is 0 Å². The van der Waals surface area contributed by atoms with E-state index in [2.05, 4.69) is 20.5 Å². The Kier molecular flexibility index (Phi) is 10.3. The number of nitrogens with one attached hydrogen (secondary N) is 2. The van der Waals surface area contributed by atoms with Crippen molar-refractivity contribution in [1.29, 1.82) is 0 Å². The minimum atomic E-state index is 0. The maximum absolute atomic E-state index is 11.9. The molecule has 0 spiro atoms. The van der Waals surface area contributed by atoms with Crippen LogP contribution in [0.5, 0.6) is 0 Å². The Hall–Kier alpha value is -0.610. The summed E-state index contributed by atoms with van der Waals surface area (Å²) in [5, 5.41) is 6.97. The number of ether oxygens (including phenoxy) is 1. The minimum Gasteiger partial charge on any atom is -0.376 e. The Morgan fingerprint density at radius 1 is 1.11 bits per heavy atom. The van der Waals surface area contributed by atoms with E-state index in [-0.39, 0.29) is 42.5 Å². The molecule has 0 radical (unpaired) electrons. The number of rotatable bonds is 6. The summed E-state index contributed by atoms with van der Waals surface area (Å²) in [6, 6.07) is 1.24. The number of carbonyl (C=O) groups excluding carboxylic acids is 1. The summed E-state index contributed by atoms with van der Waals surface area (Å²) in [6.07, 6.45) is 10.3. The molecule has 0 bridgehead atoms. The van der Waals surface area contributed by atoms with E-state index in [1.54, 1.807) is 19.0 Å². The van der Waals surface area contributed by atoms with Gasteiger partial charge in [0.1, 0.15) is 6.54 Å². The van der Waals surface area contributed by atoms with Gasteiger partial charge >= 0.3 is 0 Å². The molecule has 0 aromatic carbocycles. The largest absolute Gasteiger partial charge is 0.376 e. The summed E-state index contributed by atoms with van der Waals surface area (Å²) in [5.74, 6) is 0.768. The molecule has 0 aromatic rings. The van der Waals surface area contributed by atoms with Crippen molar-refractivity contribution < 1.29 is 9.53 Å². The van der Waals surface area contributed by atoms with Gasteiger partial charge in [-0.15, -0.1) is 24.0 Å². The van der Waals surface area contributed by atoms with Crippen molar-refractivity contribution in [3.63, 3.8) is 0 Å². The minimum absolute atomic E-state index is 0. The molecule has 1 aliphatic carbocycles. The van der Waals surface area contributed by atoms with Gasteiger partial charge in [0.2, 0.25) is 5.91 Å². The van der Waals surface area contributed by atoms with E-state index in [4.69, 9.17) is 4.74 Å². The maximum Gasteiger partial charge on any atom is 0.243 e. The first-order valence-electron chi connectivity index (χ1n) is 10.7. The topological polar surface area (TPSA) is 69.2 Å². The molecule has 3 fully saturated rings. The van der Waals surface area contributed by atoms with E-state index in [1.807, 2.05) is 0 Å². The summed E-state index contributed by atoms with van der Waals surface area (Å²) in [7, 11) is 3.53. The van der Waals surface area contributed by atoms with Crippen LogP contribution in [-0.2, 0) is 9.53 Å². The van der Waals surface area contributed by atoms with Gasteiger partial charge in [-0.25, -0.2) is 4.99 Å². The van der Waals surface area contributed by atoms with Crippen LogP contribution in [0, 0.1) is 0 Å². The van der Waals surface area contributed by atoms with Gasteiger partial charge in [0, 0.05) is 52.4 Å². The number of hydrogen-bond donors (Lipinski definition) is 2. The second kappa shape index (κ2) is 12.2. The first-order chi connectivity index (χ1) is 13.1. The number of aliphatic imine (C=N–C) groups is 1. The van der Waals surface area contributed by atoms with E-state index in [1.165, 1.54) is 25.7 Å². The third-order valence-corrected chi connectivity index (χ3v) is 6.10. The van der Waals surface area contributed by atoms with E-state index in [9.17, 15) is 4.79 Å². The van der Waals surface area contributed by atoms with Gasteiger partial charge in [0.25, 0.3) is 0 Å². The quantitative estimate of drug-likeness (QED) is 0.326. The zero-order valence-corrected chi connectivity index (χ0v) is 19.8. The molecule has 1 amide bonds. The van der Waals surface area contributed by atoms with Crippen molar-refractivity contribution in [3.05, 3.63) is 0 Å². The number of guanidine groups is 1. The Morgan fingerprint density at radius 3 is 2.43 bits per heavy atom. The molecule has 7 nitrogen and oxygen atoms in total. The highest BCUT2D eigenvalue weighted by Gasteiger charge is 2.27. The van der Waals surface area contributed by atoms with Crippen LogP contribution in [0.25, 0.3) is 0 Å². The lowest BCUT2D eigenvalue weighted by atomic mass is 10.0. The Labute approximate surface area is 187 Å². The average molecular weight is 507 g/mol. The van der Waals surface area contributed by atoms with Gasteiger partial charge in [0.15, 0.2) is 5.96 Å². The summed E-state index contributed by atoms with van der Waals surface area (Å²) in [6.45, 7) is 4.11. The lowest BCUT2D eigenvalue weighted by molar-refractivity contribution is -0.127. The molecular weight excluding hydrogens is 469 g/mol. The summed E-state index contributed by atoms with van der Waals surface area (Å²) in [5.41, 5.74) is 0. The Balaban J connectivity index is 0.00000280. The summed E-state index contributed by atoms with van der Waals surface area (Å²) in [4.78, 5) is 20.7. The molecule has 28 heavy (non-hydrogen) atoms. The van der Waals surface area contributed by atoms with Gasteiger partial charge < -0.3 is 25.2 Å². The van der Waals surface area contributed by atoms with Crippen LogP contribution in [0.4, 0.5) is 0 Å². The van der Waals surface area contributed by atoms with Crippen molar-refractivity contribution in [2.45, 2.75) is 69.6 Å². The number of likely N-dealkylation sites (tertiary alicyclic amines) is 1. The SMILES string of the molecule is CN(C)C(=O)CN=C(NCC1CCCO1)NC1CCN(C2CCCC2)CC1.I. The summed E-state index contributed by atoms with van der Waals surface area (Å²) >= 11 is 0. The predicted molar refractivity (Wildman–Crippen MR) is 123 cm³/mol. The first kappa shape index (κ1) is 23.7. The van der Waals surface area contributed by atoms with E-state index in [0.717, 1.165) is 63.9 Å². The van der Waals surface area contributed by atoms with Gasteiger partial charge in [0.05, 0.1) is 6.10 Å². The number of amides is 1. The molecule has 1 atom stereocenters. The predicted octanol–water partition coefficient (Wildman–Crippen LogP) is 1.81. The second-order valence-electron chi connectivity index (χ2n) is 8.36. The van der Waals surface area contributed by atoms with Crippen LogP contribution in [-0.4, -0.2) is 86.7 Å². The number of carbonyl (C=O) groups is 1. The Morgan fingerprint density at radius 2 is 1.82 bits per heavy atom. The molecule has 2 heterocycles. The van der Waals surface area contributed by atoms with Crippen LogP contribution in [0.15, 0.2) is 4.99 Å². The molecule has 8 heteroatoms. The zero-order chi connectivity index (χ0) is 19.1. The van der Waals surface area contributed by atoms with Crippen LogP contribution in [0.2, 0.25) is 0 Å². The monoisotopic (exact) mass is 507 g/mol. The van der Waals surface area contributed by atoms with Crippen molar-refractivity contribution in [1.82, 2.24) is 20.4 Å². The van der Waals surface area contributed by atoms with Crippen LogP contribution < -0.4 is 10.6 Å². The maximum atomic E-state index is 11.9.